The molecule has 0 spiro atoms. The van der Waals surface area contributed by atoms with Gasteiger partial charge in [0.05, 0.1) is 25.5 Å². The predicted molar refractivity (Wildman–Crippen MR) is 97.5 cm³/mol. The van der Waals surface area contributed by atoms with E-state index in [2.05, 4.69) is 66.5 Å². The number of para-hydroxylation sites is 1. The minimum Gasteiger partial charge on any atom is -0.378 e. The van der Waals surface area contributed by atoms with Gasteiger partial charge in [0, 0.05) is 37.6 Å². The summed E-state index contributed by atoms with van der Waals surface area (Å²) in [5, 5.41) is 8.10. The first-order valence-electron chi connectivity index (χ1n) is 8.80. The van der Waals surface area contributed by atoms with Crippen LogP contribution in [-0.2, 0) is 11.3 Å². The highest BCUT2D eigenvalue weighted by molar-refractivity contribution is 5.53. The van der Waals surface area contributed by atoms with Crippen molar-refractivity contribution < 1.29 is 4.74 Å². The molecule has 2 heterocycles. The van der Waals surface area contributed by atoms with Crippen molar-refractivity contribution in [2.24, 2.45) is 0 Å². The van der Waals surface area contributed by atoms with Crippen LogP contribution in [0.5, 0.6) is 0 Å². The molecule has 2 aromatic rings. The van der Waals surface area contributed by atoms with Crippen LogP contribution >= 0.6 is 0 Å². The minimum absolute atomic E-state index is 0.314. The van der Waals surface area contributed by atoms with E-state index < -0.39 is 0 Å². The summed E-state index contributed by atoms with van der Waals surface area (Å²) in [4.78, 5) is 2.42. The van der Waals surface area contributed by atoms with Crippen molar-refractivity contribution in [1.29, 1.82) is 0 Å². The third kappa shape index (κ3) is 3.97. The monoisotopic (exact) mass is 328 g/mol. The lowest BCUT2D eigenvalue weighted by Gasteiger charge is -2.31. The van der Waals surface area contributed by atoms with Crippen molar-refractivity contribution in [2.45, 2.75) is 39.4 Å². The fourth-order valence-electron chi connectivity index (χ4n) is 3.10. The highest BCUT2D eigenvalue weighted by Crippen LogP contribution is 2.22. The molecule has 0 saturated carbocycles. The van der Waals surface area contributed by atoms with Crippen LogP contribution in [0.3, 0.4) is 0 Å². The van der Waals surface area contributed by atoms with Gasteiger partial charge >= 0.3 is 0 Å². The van der Waals surface area contributed by atoms with Crippen molar-refractivity contribution in [2.75, 3.05) is 31.2 Å². The van der Waals surface area contributed by atoms with Crippen molar-refractivity contribution in [1.82, 2.24) is 15.1 Å². The molecular weight excluding hydrogens is 300 g/mol. The smallest absolute Gasteiger partial charge is 0.0642 e. The predicted octanol–water partition coefficient (Wildman–Crippen LogP) is 2.77. The van der Waals surface area contributed by atoms with E-state index in [0.29, 0.717) is 12.1 Å². The molecule has 3 rings (SSSR count). The second-order valence-electron chi connectivity index (χ2n) is 6.64. The van der Waals surface area contributed by atoms with Gasteiger partial charge in [0.1, 0.15) is 0 Å². The van der Waals surface area contributed by atoms with Crippen LogP contribution in [0.25, 0.3) is 0 Å². The maximum Gasteiger partial charge on any atom is 0.0642 e. The second kappa shape index (κ2) is 7.81. The summed E-state index contributed by atoms with van der Waals surface area (Å²) in [5.74, 6) is 0. The highest BCUT2D eigenvalue weighted by atomic mass is 16.5. The lowest BCUT2D eigenvalue weighted by Crippen LogP contribution is -2.38. The van der Waals surface area contributed by atoms with Crippen LogP contribution in [0.1, 0.15) is 31.0 Å². The Labute approximate surface area is 144 Å². The molecule has 130 valence electrons. The second-order valence-corrected chi connectivity index (χ2v) is 6.64. The van der Waals surface area contributed by atoms with Crippen LogP contribution in [0, 0.1) is 6.92 Å². The molecule has 1 aromatic heterocycles. The van der Waals surface area contributed by atoms with Gasteiger partial charge in [-0.15, -0.1) is 0 Å². The standard InChI is InChI=1S/C19H28N4O/c1-15-12-21-23(14-15)17(3)16(2)20-13-18-6-4-5-7-19(18)22-8-10-24-11-9-22/h4-7,12,14,16-17,20H,8-11,13H2,1-3H3/t16-,17-/m1/s1. The lowest BCUT2D eigenvalue weighted by molar-refractivity contribution is 0.122. The van der Waals surface area contributed by atoms with Crippen LogP contribution in [-0.4, -0.2) is 42.1 Å². The highest BCUT2D eigenvalue weighted by Gasteiger charge is 2.17. The maximum absolute atomic E-state index is 5.47. The van der Waals surface area contributed by atoms with Crippen molar-refractivity contribution >= 4 is 5.69 Å². The molecule has 0 unspecified atom stereocenters. The summed E-state index contributed by atoms with van der Waals surface area (Å²) in [6.07, 6.45) is 4.02. The average Bonchev–Trinajstić information content (AvgIpc) is 3.06. The molecule has 5 heteroatoms. The first kappa shape index (κ1) is 17.0. The zero-order chi connectivity index (χ0) is 16.9. The molecule has 1 fully saturated rings. The van der Waals surface area contributed by atoms with Crippen LogP contribution < -0.4 is 10.2 Å². The summed E-state index contributed by atoms with van der Waals surface area (Å²) in [6, 6.07) is 9.32. The molecule has 1 saturated heterocycles. The van der Waals surface area contributed by atoms with E-state index in [1.165, 1.54) is 16.8 Å². The number of rotatable bonds is 6. The van der Waals surface area contributed by atoms with E-state index in [0.717, 1.165) is 32.8 Å². The van der Waals surface area contributed by atoms with Crippen molar-refractivity contribution in [3.8, 4) is 0 Å². The number of nitrogens with one attached hydrogen (secondary N) is 1. The summed E-state index contributed by atoms with van der Waals surface area (Å²) < 4.78 is 7.52. The third-order valence-corrected chi connectivity index (χ3v) is 4.83. The topological polar surface area (TPSA) is 42.3 Å². The van der Waals surface area contributed by atoms with Crippen LogP contribution in [0.2, 0.25) is 0 Å². The molecule has 0 bridgehead atoms. The Morgan fingerprint density at radius 2 is 1.96 bits per heavy atom. The van der Waals surface area contributed by atoms with Crippen LogP contribution in [0.4, 0.5) is 5.69 Å². The number of hydrogen-bond acceptors (Lipinski definition) is 4. The number of hydrogen-bond donors (Lipinski definition) is 1. The molecule has 24 heavy (non-hydrogen) atoms. The molecule has 1 aliphatic heterocycles. The first-order chi connectivity index (χ1) is 11.6. The maximum atomic E-state index is 5.47. The van der Waals surface area contributed by atoms with E-state index >= 15 is 0 Å². The number of anilines is 1. The Morgan fingerprint density at radius 3 is 2.67 bits per heavy atom. The Kier molecular flexibility index (Phi) is 5.53. The number of morpholine rings is 1. The number of aryl methyl sites for hydroxylation is 1. The molecular formula is C19H28N4O. The lowest BCUT2D eigenvalue weighted by atomic mass is 10.1. The normalized spacial score (nSPS) is 17.7. The number of nitrogens with zero attached hydrogens (tertiary/aromatic N) is 3. The van der Waals surface area contributed by atoms with Gasteiger partial charge in [-0.1, -0.05) is 18.2 Å². The van der Waals surface area contributed by atoms with E-state index in [4.69, 9.17) is 4.74 Å². The zero-order valence-corrected chi connectivity index (χ0v) is 14.9. The molecule has 2 atom stereocenters. The molecule has 0 amide bonds. The molecule has 0 aliphatic carbocycles. The number of benzene rings is 1. The summed E-state index contributed by atoms with van der Waals surface area (Å²) in [6.45, 7) is 10.9. The fourth-order valence-corrected chi connectivity index (χ4v) is 3.10. The summed E-state index contributed by atoms with van der Waals surface area (Å²) in [5.41, 5.74) is 3.87. The van der Waals surface area contributed by atoms with Gasteiger partial charge < -0.3 is 15.0 Å². The van der Waals surface area contributed by atoms with Crippen molar-refractivity contribution in [3.05, 3.63) is 47.8 Å². The summed E-state index contributed by atoms with van der Waals surface area (Å²) in [7, 11) is 0. The van der Waals surface area contributed by atoms with E-state index in [9.17, 15) is 0 Å². The van der Waals surface area contributed by atoms with Gasteiger partial charge in [-0.2, -0.15) is 5.10 Å². The van der Waals surface area contributed by atoms with Gasteiger partial charge in [0.25, 0.3) is 0 Å². The third-order valence-electron chi connectivity index (χ3n) is 4.83. The van der Waals surface area contributed by atoms with Gasteiger partial charge in [0.2, 0.25) is 0 Å². The molecule has 1 aromatic carbocycles. The molecule has 1 N–H and O–H groups in total. The molecule has 0 radical (unpaired) electrons. The van der Waals surface area contributed by atoms with Gasteiger partial charge in [0.15, 0.2) is 0 Å². The number of ether oxygens (including phenoxy) is 1. The Bertz CT molecular complexity index is 648. The Morgan fingerprint density at radius 1 is 1.21 bits per heavy atom. The van der Waals surface area contributed by atoms with E-state index in [1.54, 1.807) is 0 Å². The van der Waals surface area contributed by atoms with E-state index in [-0.39, 0.29) is 0 Å². The largest absolute Gasteiger partial charge is 0.378 e. The molecule has 1 aliphatic rings. The van der Waals surface area contributed by atoms with Crippen LogP contribution in [0.15, 0.2) is 36.7 Å². The van der Waals surface area contributed by atoms with Gasteiger partial charge in [-0.05, 0) is 38.0 Å². The van der Waals surface area contributed by atoms with Crippen molar-refractivity contribution in [3.63, 3.8) is 0 Å². The Balaban J connectivity index is 1.63. The summed E-state index contributed by atoms with van der Waals surface area (Å²) >= 11 is 0. The van der Waals surface area contributed by atoms with Gasteiger partial charge in [-0.3, -0.25) is 4.68 Å². The molecule has 5 nitrogen and oxygen atoms in total. The quantitative estimate of drug-likeness (QED) is 0.885. The average molecular weight is 328 g/mol. The number of aromatic nitrogens is 2. The fraction of sp³-hybridized carbons (Fsp3) is 0.526. The van der Waals surface area contributed by atoms with Gasteiger partial charge in [-0.25, -0.2) is 0 Å². The van der Waals surface area contributed by atoms with E-state index in [1.807, 2.05) is 10.9 Å². The zero-order valence-electron chi connectivity index (χ0n) is 14.9. The minimum atomic E-state index is 0.314. The first-order valence-corrected chi connectivity index (χ1v) is 8.80. The Hall–Kier alpha value is -1.85. The SMILES string of the molecule is Cc1cnn([C@H](C)[C@@H](C)NCc2ccccc2N2CCOCC2)c1.